The van der Waals surface area contributed by atoms with Crippen molar-refractivity contribution in [1.82, 2.24) is 14.9 Å². The van der Waals surface area contributed by atoms with E-state index in [-0.39, 0.29) is 30.4 Å². The van der Waals surface area contributed by atoms with Crippen molar-refractivity contribution in [3.63, 3.8) is 0 Å². The number of carbonyl (C=O) groups excluding carboxylic acids is 1. The summed E-state index contributed by atoms with van der Waals surface area (Å²) in [7, 11) is 0. The van der Waals surface area contributed by atoms with Crippen LogP contribution in [0.4, 0.5) is 4.39 Å². The van der Waals surface area contributed by atoms with Crippen molar-refractivity contribution in [2.75, 3.05) is 0 Å². The number of nitrogens with zero attached hydrogens (tertiary/aromatic N) is 2. The largest absolute Gasteiger partial charge is 0.448 e. The molecule has 0 radical (unpaired) electrons. The van der Waals surface area contributed by atoms with Gasteiger partial charge < -0.3 is 9.73 Å². The normalized spacial score (nSPS) is 11.1. The summed E-state index contributed by atoms with van der Waals surface area (Å²) in [5, 5.41) is 3.45. The SMILES string of the molecule is O=C(Cn1cnc2c(oc3ccccc32)c1=O)NCc1ccc(F)cc1. The van der Waals surface area contributed by atoms with Crippen molar-refractivity contribution < 1.29 is 13.6 Å². The van der Waals surface area contributed by atoms with Gasteiger partial charge in [-0.2, -0.15) is 0 Å². The molecule has 7 heteroatoms. The van der Waals surface area contributed by atoms with E-state index >= 15 is 0 Å². The summed E-state index contributed by atoms with van der Waals surface area (Å²) in [5.74, 6) is -0.689. The number of hydrogen-bond acceptors (Lipinski definition) is 4. The molecular formula is C19H14FN3O3. The molecule has 0 spiro atoms. The van der Waals surface area contributed by atoms with Gasteiger partial charge in [0.05, 0.1) is 6.33 Å². The van der Waals surface area contributed by atoms with Gasteiger partial charge in [0.1, 0.15) is 23.5 Å². The molecule has 6 nitrogen and oxygen atoms in total. The predicted molar refractivity (Wildman–Crippen MR) is 94.0 cm³/mol. The van der Waals surface area contributed by atoms with Gasteiger partial charge in [0, 0.05) is 11.9 Å². The molecule has 2 aromatic heterocycles. The van der Waals surface area contributed by atoms with E-state index in [0.717, 1.165) is 10.9 Å². The fourth-order valence-electron chi connectivity index (χ4n) is 2.74. The van der Waals surface area contributed by atoms with Crippen molar-refractivity contribution >= 4 is 28.0 Å². The lowest BCUT2D eigenvalue weighted by Crippen LogP contribution is -2.32. The first-order valence-corrected chi connectivity index (χ1v) is 7.99. The number of hydrogen-bond donors (Lipinski definition) is 1. The third kappa shape index (κ3) is 2.95. The van der Waals surface area contributed by atoms with Crippen LogP contribution in [-0.2, 0) is 17.9 Å². The van der Waals surface area contributed by atoms with Gasteiger partial charge in [-0.3, -0.25) is 14.2 Å². The zero-order chi connectivity index (χ0) is 18.1. The summed E-state index contributed by atoms with van der Waals surface area (Å²) in [5.41, 5.74) is 1.53. The first-order chi connectivity index (χ1) is 12.6. The molecule has 0 fully saturated rings. The van der Waals surface area contributed by atoms with Crippen LogP contribution in [0.2, 0.25) is 0 Å². The smallest absolute Gasteiger partial charge is 0.297 e. The van der Waals surface area contributed by atoms with E-state index in [9.17, 15) is 14.0 Å². The monoisotopic (exact) mass is 351 g/mol. The molecule has 1 amide bonds. The number of carbonyl (C=O) groups is 1. The van der Waals surface area contributed by atoms with Crippen molar-refractivity contribution in [3.05, 3.63) is 76.6 Å². The van der Waals surface area contributed by atoms with Crippen LogP contribution < -0.4 is 10.9 Å². The standard InChI is InChI=1S/C19H14FN3O3/c20-13-7-5-12(6-8-13)9-21-16(24)10-23-11-22-17-14-3-1-2-4-15(14)26-18(17)19(23)25/h1-8,11H,9-10H2,(H,21,24). The highest BCUT2D eigenvalue weighted by Crippen LogP contribution is 2.23. The number of para-hydroxylation sites is 1. The molecule has 2 aromatic carbocycles. The third-order valence-corrected chi connectivity index (χ3v) is 4.07. The summed E-state index contributed by atoms with van der Waals surface area (Å²) >= 11 is 0. The number of halogens is 1. The van der Waals surface area contributed by atoms with Crippen molar-refractivity contribution in [2.24, 2.45) is 0 Å². The Kier molecular flexibility index (Phi) is 3.96. The molecule has 0 aliphatic rings. The van der Waals surface area contributed by atoms with Gasteiger partial charge in [0.15, 0.2) is 0 Å². The lowest BCUT2D eigenvalue weighted by atomic mass is 10.2. The zero-order valence-corrected chi connectivity index (χ0v) is 13.6. The molecule has 0 bridgehead atoms. The van der Waals surface area contributed by atoms with Gasteiger partial charge in [0.2, 0.25) is 11.5 Å². The van der Waals surface area contributed by atoms with Crippen LogP contribution in [-0.4, -0.2) is 15.5 Å². The van der Waals surface area contributed by atoms with Crippen LogP contribution in [0.1, 0.15) is 5.56 Å². The number of nitrogens with one attached hydrogen (secondary N) is 1. The van der Waals surface area contributed by atoms with E-state index in [1.807, 2.05) is 18.2 Å². The van der Waals surface area contributed by atoms with Crippen molar-refractivity contribution in [2.45, 2.75) is 13.1 Å². The van der Waals surface area contributed by atoms with E-state index in [1.165, 1.54) is 23.0 Å². The van der Waals surface area contributed by atoms with Crippen LogP contribution in [0.15, 0.2) is 64.1 Å². The minimum absolute atomic E-state index is 0.125. The fourth-order valence-corrected chi connectivity index (χ4v) is 2.74. The maximum absolute atomic E-state index is 12.9. The Morgan fingerprint density at radius 1 is 1.15 bits per heavy atom. The number of benzene rings is 2. The summed E-state index contributed by atoms with van der Waals surface area (Å²) in [4.78, 5) is 28.9. The highest BCUT2D eigenvalue weighted by molar-refractivity contribution is 6.01. The van der Waals surface area contributed by atoms with Crippen LogP contribution in [0.5, 0.6) is 0 Å². The minimum atomic E-state index is -0.414. The highest BCUT2D eigenvalue weighted by atomic mass is 19.1. The Morgan fingerprint density at radius 3 is 2.73 bits per heavy atom. The average molecular weight is 351 g/mol. The second kappa shape index (κ2) is 6.44. The molecule has 0 aliphatic carbocycles. The molecule has 26 heavy (non-hydrogen) atoms. The second-order valence-corrected chi connectivity index (χ2v) is 5.86. The third-order valence-electron chi connectivity index (χ3n) is 4.07. The molecule has 0 aliphatic heterocycles. The summed E-state index contributed by atoms with van der Waals surface area (Å²) in [6.45, 7) is 0.0637. The summed E-state index contributed by atoms with van der Waals surface area (Å²) in [6.07, 6.45) is 1.34. The van der Waals surface area contributed by atoms with Gasteiger partial charge in [0.25, 0.3) is 5.56 Å². The van der Waals surface area contributed by atoms with Gasteiger partial charge in [-0.25, -0.2) is 9.37 Å². The van der Waals surface area contributed by atoms with Crippen molar-refractivity contribution in [1.29, 1.82) is 0 Å². The Hall–Kier alpha value is -3.48. The molecule has 0 unspecified atom stereocenters. The molecule has 4 aromatic rings. The van der Waals surface area contributed by atoms with Crippen LogP contribution in [0, 0.1) is 5.82 Å². The quantitative estimate of drug-likeness (QED) is 0.613. The van der Waals surface area contributed by atoms with Gasteiger partial charge in [-0.15, -0.1) is 0 Å². The Balaban J connectivity index is 1.54. The summed E-state index contributed by atoms with van der Waals surface area (Å²) < 4.78 is 19.7. The van der Waals surface area contributed by atoms with Crippen LogP contribution in [0.3, 0.4) is 0 Å². The van der Waals surface area contributed by atoms with E-state index in [4.69, 9.17) is 4.42 Å². The molecule has 130 valence electrons. The zero-order valence-electron chi connectivity index (χ0n) is 13.6. The molecule has 1 N–H and O–H groups in total. The minimum Gasteiger partial charge on any atom is -0.448 e. The number of rotatable bonds is 4. The molecule has 0 atom stereocenters. The number of amides is 1. The van der Waals surface area contributed by atoms with E-state index < -0.39 is 5.56 Å². The van der Waals surface area contributed by atoms with Crippen molar-refractivity contribution in [3.8, 4) is 0 Å². The number of aromatic nitrogens is 2. The second-order valence-electron chi connectivity index (χ2n) is 5.86. The lowest BCUT2D eigenvalue weighted by molar-refractivity contribution is -0.121. The van der Waals surface area contributed by atoms with Gasteiger partial charge in [-0.05, 0) is 29.8 Å². The Labute approximate surface area is 146 Å². The summed E-state index contributed by atoms with van der Waals surface area (Å²) in [6, 6.07) is 13.1. The first kappa shape index (κ1) is 16.0. The first-order valence-electron chi connectivity index (χ1n) is 7.99. The maximum atomic E-state index is 12.9. The van der Waals surface area contributed by atoms with E-state index in [0.29, 0.717) is 11.1 Å². The predicted octanol–water partition coefficient (Wildman–Crippen LogP) is 2.60. The highest BCUT2D eigenvalue weighted by Gasteiger charge is 2.14. The molecule has 0 saturated carbocycles. The van der Waals surface area contributed by atoms with Gasteiger partial charge in [-0.1, -0.05) is 24.3 Å². The van der Waals surface area contributed by atoms with E-state index in [1.54, 1.807) is 18.2 Å². The number of fused-ring (bicyclic) bond motifs is 3. The average Bonchev–Trinajstić information content (AvgIpc) is 3.03. The van der Waals surface area contributed by atoms with E-state index in [2.05, 4.69) is 10.3 Å². The van der Waals surface area contributed by atoms with Crippen LogP contribution in [0.25, 0.3) is 22.1 Å². The lowest BCUT2D eigenvalue weighted by Gasteiger charge is -2.07. The Bertz CT molecular complexity index is 1160. The molecule has 2 heterocycles. The maximum Gasteiger partial charge on any atom is 0.297 e. The fraction of sp³-hybridized carbons (Fsp3) is 0.105. The molecule has 4 rings (SSSR count). The molecule has 0 saturated heterocycles. The van der Waals surface area contributed by atoms with Gasteiger partial charge >= 0.3 is 0 Å². The topological polar surface area (TPSA) is 77.1 Å². The molecular weight excluding hydrogens is 337 g/mol. The van der Waals surface area contributed by atoms with Crippen LogP contribution >= 0.6 is 0 Å². The Morgan fingerprint density at radius 2 is 1.92 bits per heavy atom. The number of furan rings is 1.